The number of fused-ring (bicyclic) bond motifs is 2. The molecule has 0 saturated heterocycles. The Labute approximate surface area is 411 Å². The van der Waals surface area contributed by atoms with Crippen molar-refractivity contribution in [1.29, 1.82) is 0 Å². The summed E-state index contributed by atoms with van der Waals surface area (Å²) in [6.45, 7) is 20.2. The number of aliphatic hydroxyl groups excluding tert-OH is 2. The van der Waals surface area contributed by atoms with Crippen LogP contribution in [0.25, 0.3) is 0 Å². The molecule has 4 saturated carbocycles. The van der Waals surface area contributed by atoms with Gasteiger partial charge in [0.25, 0.3) is 0 Å². The van der Waals surface area contributed by atoms with Gasteiger partial charge in [0.05, 0.1) is 12.2 Å². The third kappa shape index (κ3) is 14.2. The van der Waals surface area contributed by atoms with E-state index in [9.17, 15) is 30.0 Å². The van der Waals surface area contributed by atoms with Gasteiger partial charge in [0.15, 0.2) is 0 Å². The average Bonchev–Trinajstić information content (AvgIpc) is 3.84. The second kappa shape index (κ2) is 24.4. The summed E-state index contributed by atoms with van der Waals surface area (Å²) >= 11 is 0. The number of carbonyl (C=O) groups is 2. The van der Waals surface area contributed by atoms with Gasteiger partial charge in [-0.3, -0.25) is 9.59 Å². The van der Waals surface area contributed by atoms with Gasteiger partial charge in [-0.25, -0.2) is 0 Å². The summed E-state index contributed by atoms with van der Waals surface area (Å²) in [5.74, 6) is 14.0. The first-order valence-corrected chi connectivity index (χ1v) is 26.5. The van der Waals surface area contributed by atoms with Crippen LogP contribution in [-0.4, -0.2) is 68.0 Å². The zero-order valence-electron chi connectivity index (χ0n) is 43.6. The first kappa shape index (κ1) is 55.3. The van der Waals surface area contributed by atoms with Crippen molar-refractivity contribution in [1.82, 2.24) is 0 Å². The van der Waals surface area contributed by atoms with Gasteiger partial charge >= 0.3 is 11.9 Å². The number of aliphatic hydroxyl groups is 4. The molecule has 8 heteroatoms. The molecule has 0 aromatic rings. The molecule has 10 atom stereocenters. The van der Waals surface area contributed by atoms with E-state index in [1.807, 2.05) is 27.7 Å². The lowest BCUT2D eigenvalue weighted by Crippen LogP contribution is -2.32. The van der Waals surface area contributed by atoms with E-state index in [0.717, 1.165) is 50.5 Å². The number of hydrogen-bond donors (Lipinski definition) is 4. The molecular weight excluding hydrogens is 849 g/mol. The molecule has 6 aliphatic carbocycles. The Morgan fingerprint density at radius 2 is 1.04 bits per heavy atom. The van der Waals surface area contributed by atoms with Gasteiger partial charge in [-0.15, -0.1) is 0 Å². The Bertz CT molecular complexity index is 2050. The normalized spacial score (nSPS) is 32.6. The Kier molecular flexibility index (Phi) is 19.9. The van der Waals surface area contributed by atoms with E-state index in [4.69, 9.17) is 9.47 Å². The zero-order chi connectivity index (χ0) is 49.9. The summed E-state index contributed by atoms with van der Waals surface area (Å²) in [6.07, 6.45) is 29.7. The van der Waals surface area contributed by atoms with Crippen molar-refractivity contribution in [2.45, 2.75) is 233 Å². The number of rotatable bonds is 12. The molecule has 68 heavy (non-hydrogen) atoms. The van der Waals surface area contributed by atoms with Crippen LogP contribution in [0.15, 0.2) is 69.9 Å². The van der Waals surface area contributed by atoms with E-state index >= 15 is 0 Å². The molecule has 0 bridgehead atoms. The van der Waals surface area contributed by atoms with E-state index in [-0.39, 0.29) is 35.0 Å². The van der Waals surface area contributed by atoms with Crippen LogP contribution >= 0.6 is 0 Å². The Hall–Kier alpha value is -3.66. The zero-order valence-corrected chi connectivity index (χ0v) is 43.6. The molecule has 0 aliphatic heterocycles. The van der Waals surface area contributed by atoms with Crippen molar-refractivity contribution in [3.8, 4) is 23.7 Å². The highest BCUT2D eigenvalue weighted by atomic mass is 16.6. The average molecular weight is 937 g/mol. The monoisotopic (exact) mass is 937 g/mol. The molecule has 6 aliphatic rings. The summed E-state index contributed by atoms with van der Waals surface area (Å²) in [5, 5.41) is 40.9. The smallest absolute Gasteiger partial charge is 0.302 e. The molecule has 0 aromatic carbocycles. The molecule has 0 spiro atoms. The summed E-state index contributed by atoms with van der Waals surface area (Å²) in [6, 6.07) is 0. The van der Waals surface area contributed by atoms with Crippen LogP contribution in [0.3, 0.4) is 0 Å². The quantitative estimate of drug-likeness (QED) is 0.0864. The first-order valence-electron chi connectivity index (χ1n) is 26.5. The Morgan fingerprint density at radius 3 is 1.41 bits per heavy atom. The third-order valence-corrected chi connectivity index (χ3v) is 16.9. The predicted octanol–water partition coefficient (Wildman–Crippen LogP) is 12.1. The van der Waals surface area contributed by atoms with E-state index in [2.05, 4.69) is 87.8 Å². The molecule has 8 nitrogen and oxygen atoms in total. The maximum Gasteiger partial charge on any atom is 0.302 e. The van der Waals surface area contributed by atoms with Gasteiger partial charge in [-0.05, 0) is 131 Å². The van der Waals surface area contributed by atoms with Crippen molar-refractivity contribution in [2.75, 3.05) is 0 Å². The number of allylic oxidation sites excluding steroid dienone is 10. The van der Waals surface area contributed by atoms with Gasteiger partial charge in [-0.1, -0.05) is 149 Å². The van der Waals surface area contributed by atoms with E-state index in [0.29, 0.717) is 87.9 Å². The lowest BCUT2D eigenvalue weighted by Gasteiger charge is -2.42. The van der Waals surface area contributed by atoms with Gasteiger partial charge in [0, 0.05) is 46.0 Å². The number of ether oxygens (including phenoxy) is 2. The van der Waals surface area contributed by atoms with Gasteiger partial charge < -0.3 is 29.9 Å². The maximum atomic E-state index is 11.6. The van der Waals surface area contributed by atoms with Crippen molar-refractivity contribution >= 4 is 11.9 Å². The SMILES string of the molecule is CCC(O)(C#CCC(C)C1=CCC2/C(=C/C=C3CC(O)C[C@H](O)C3)CCC[C@]12C)CC.CCC(O)(C#CCC(C)C1=CCC2/C(=C/C=C3CC(OC(C)=O)C[C@H](OC(C)=O)C3)CCC[C@]12C)CC. The van der Waals surface area contributed by atoms with Crippen LogP contribution in [0.2, 0.25) is 0 Å². The minimum absolute atomic E-state index is 0.141. The van der Waals surface area contributed by atoms with Crippen LogP contribution in [0.4, 0.5) is 0 Å². The summed E-state index contributed by atoms with van der Waals surface area (Å²) < 4.78 is 11.0. The fourth-order valence-electron chi connectivity index (χ4n) is 12.7. The number of carbonyl (C=O) groups excluding carboxylic acids is 2. The molecule has 0 aromatic heterocycles. The van der Waals surface area contributed by atoms with Gasteiger partial charge in [0.1, 0.15) is 23.4 Å². The first-order chi connectivity index (χ1) is 32.2. The van der Waals surface area contributed by atoms with Crippen LogP contribution in [-0.2, 0) is 19.1 Å². The summed E-state index contributed by atoms with van der Waals surface area (Å²) in [7, 11) is 0. The minimum Gasteiger partial charge on any atom is -0.462 e. The van der Waals surface area contributed by atoms with Gasteiger partial charge in [-0.2, -0.15) is 0 Å². The van der Waals surface area contributed by atoms with Crippen molar-refractivity contribution in [3.63, 3.8) is 0 Å². The van der Waals surface area contributed by atoms with E-state index < -0.39 is 23.4 Å². The third-order valence-electron chi connectivity index (χ3n) is 16.9. The summed E-state index contributed by atoms with van der Waals surface area (Å²) in [4.78, 5) is 23.1. The standard InChI is InChI=1S/C32H46O5.C28H42O3/c1-7-32(35,8-2)18-9-11-22(3)29-15-16-30-26(12-10-17-31(29,30)6)14-13-25-19-27(36-23(4)33)21-28(20-25)37-24(5)34;1-5-28(31,6-2)16-7-9-20(3)25-13-14-26-22(10-8-15-27(25,26)4)12-11-21-17-23(29)19-24(30)18-21/h13-15,22,27-28,30,35H,7-8,10-12,16-17,19-21H2,1-6H3;11-13,20,23-24,26,29-31H,5-6,8-10,14-15,17-19H2,1-4H3/b25-13?,26-14+;21-11?,22-12+/t22?,27-,28?,30?,31-;20?,23-,24?,26?,27-/m11/s1. The molecule has 6 unspecified atom stereocenters. The second-order valence-corrected chi connectivity index (χ2v) is 21.9. The lowest BCUT2D eigenvalue weighted by molar-refractivity contribution is -0.154. The van der Waals surface area contributed by atoms with Gasteiger partial charge in [0.2, 0.25) is 0 Å². The number of hydrogen-bond acceptors (Lipinski definition) is 8. The molecule has 4 N–H and O–H groups in total. The van der Waals surface area contributed by atoms with Crippen molar-refractivity contribution in [2.24, 2.45) is 34.5 Å². The summed E-state index contributed by atoms with van der Waals surface area (Å²) in [5.41, 5.74) is 7.02. The van der Waals surface area contributed by atoms with Crippen LogP contribution < -0.4 is 0 Å². The highest BCUT2D eigenvalue weighted by molar-refractivity contribution is 5.67. The molecular formula is C60H88O8. The van der Waals surface area contributed by atoms with Crippen LogP contribution in [0.5, 0.6) is 0 Å². The van der Waals surface area contributed by atoms with Crippen molar-refractivity contribution in [3.05, 3.63) is 69.9 Å². The Balaban J connectivity index is 0.000000258. The lowest BCUT2D eigenvalue weighted by atomic mass is 9.62. The van der Waals surface area contributed by atoms with E-state index in [1.54, 1.807) is 5.57 Å². The molecule has 0 amide bonds. The predicted molar refractivity (Wildman–Crippen MR) is 274 cm³/mol. The largest absolute Gasteiger partial charge is 0.462 e. The molecule has 6 rings (SSSR count). The van der Waals surface area contributed by atoms with Crippen LogP contribution in [0.1, 0.15) is 198 Å². The maximum absolute atomic E-state index is 11.6. The topological polar surface area (TPSA) is 134 Å². The molecule has 0 heterocycles. The molecule has 0 radical (unpaired) electrons. The molecule has 376 valence electrons. The Morgan fingerprint density at radius 1 is 0.662 bits per heavy atom. The minimum atomic E-state index is -0.869. The van der Waals surface area contributed by atoms with Crippen LogP contribution in [0, 0.1) is 58.2 Å². The highest BCUT2D eigenvalue weighted by Crippen LogP contribution is 2.58. The fourth-order valence-corrected chi connectivity index (χ4v) is 12.7. The highest BCUT2D eigenvalue weighted by Gasteiger charge is 2.47. The fraction of sp³-hybridized carbons (Fsp3) is 0.700. The van der Waals surface area contributed by atoms with E-state index in [1.165, 1.54) is 55.4 Å². The molecule has 4 fully saturated rings. The second-order valence-electron chi connectivity index (χ2n) is 21.9. The number of esters is 2. The van der Waals surface area contributed by atoms with Crippen molar-refractivity contribution < 1.29 is 39.5 Å².